The summed E-state index contributed by atoms with van der Waals surface area (Å²) in [5, 5.41) is 0. The molecule has 24 heavy (non-hydrogen) atoms. The molecule has 1 saturated heterocycles. The van der Waals surface area contributed by atoms with E-state index in [0.717, 1.165) is 25.1 Å². The summed E-state index contributed by atoms with van der Waals surface area (Å²) in [4.78, 5) is 10.9. The van der Waals surface area contributed by atoms with Crippen molar-refractivity contribution < 1.29 is 8.42 Å². The Morgan fingerprint density at radius 1 is 0.958 bits per heavy atom. The largest absolute Gasteiger partial charge is 0.353 e. The van der Waals surface area contributed by atoms with E-state index in [1.54, 1.807) is 29.0 Å². The van der Waals surface area contributed by atoms with E-state index < -0.39 is 10.0 Å². The summed E-state index contributed by atoms with van der Waals surface area (Å²) in [7, 11) is -3.42. The highest BCUT2D eigenvalue weighted by molar-refractivity contribution is 7.89. The minimum Gasteiger partial charge on any atom is -0.353 e. The zero-order valence-corrected chi connectivity index (χ0v) is 14.2. The summed E-state index contributed by atoms with van der Waals surface area (Å²) in [5.41, 5.74) is 2.48. The first-order valence-corrected chi connectivity index (χ1v) is 9.71. The number of fused-ring (bicyclic) bond motifs is 1. The van der Waals surface area contributed by atoms with Crippen LogP contribution in [0.4, 0.5) is 5.82 Å². The smallest absolute Gasteiger partial charge is 0.243 e. The number of hydrogen-bond donors (Lipinski definition) is 0. The average Bonchev–Trinajstić information content (AvgIpc) is 3.10. The lowest BCUT2D eigenvalue weighted by molar-refractivity contribution is 0.383. The molecule has 0 unspecified atom stereocenters. The maximum absolute atomic E-state index is 12.9. The van der Waals surface area contributed by atoms with Crippen molar-refractivity contribution in [1.82, 2.24) is 14.3 Å². The van der Waals surface area contributed by atoms with Crippen LogP contribution in [0, 0.1) is 0 Å². The van der Waals surface area contributed by atoms with E-state index >= 15 is 0 Å². The van der Waals surface area contributed by atoms with Crippen molar-refractivity contribution in [3.05, 3.63) is 47.9 Å². The first-order valence-electron chi connectivity index (χ1n) is 8.27. The number of rotatable bonds is 3. The molecule has 4 rings (SSSR count). The van der Waals surface area contributed by atoms with Crippen molar-refractivity contribution >= 4 is 15.8 Å². The van der Waals surface area contributed by atoms with Crippen LogP contribution in [0.15, 0.2) is 41.7 Å². The van der Waals surface area contributed by atoms with Crippen LogP contribution in [0.3, 0.4) is 0 Å². The van der Waals surface area contributed by atoms with Gasteiger partial charge in [-0.1, -0.05) is 6.07 Å². The number of piperazine rings is 1. The maximum Gasteiger partial charge on any atom is 0.243 e. The fraction of sp³-hybridized carbons (Fsp3) is 0.412. The SMILES string of the molecule is O=S(=O)(c1ccc2c(c1)CCC2)N1CCN(c2cnccn2)CC1. The number of hydrogen-bond acceptors (Lipinski definition) is 5. The molecule has 1 aliphatic heterocycles. The first kappa shape index (κ1) is 15.5. The average molecular weight is 344 g/mol. The van der Waals surface area contributed by atoms with E-state index in [9.17, 15) is 8.42 Å². The second kappa shape index (κ2) is 6.14. The molecular weight excluding hydrogens is 324 g/mol. The zero-order chi connectivity index (χ0) is 16.6. The molecule has 0 bridgehead atoms. The third-order valence-electron chi connectivity index (χ3n) is 4.82. The summed E-state index contributed by atoms with van der Waals surface area (Å²) >= 11 is 0. The molecule has 0 atom stereocenters. The third kappa shape index (κ3) is 2.78. The Hall–Kier alpha value is -1.99. The van der Waals surface area contributed by atoms with Gasteiger partial charge in [0.1, 0.15) is 5.82 Å². The molecule has 2 aliphatic rings. The van der Waals surface area contributed by atoms with Crippen LogP contribution in [0.1, 0.15) is 17.5 Å². The topological polar surface area (TPSA) is 66.4 Å². The number of anilines is 1. The molecule has 7 heteroatoms. The highest BCUT2D eigenvalue weighted by atomic mass is 32.2. The molecule has 2 aromatic rings. The van der Waals surface area contributed by atoms with Gasteiger partial charge in [0.15, 0.2) is 0 Å². The monoisotopic (exact) mass is 344 g/mol. The van der Waals surface area contributed by atoms with Gasteiger partial charge in [0.2, 0.25) is 10.0 Å². The highest BCUT2D eigenvalue weighted by Crippen LogP contribution is 2.27. The third-order valence-corrected chi connectivity index (χ3v) is 6.71. The molecule has 0 saturated carbocycles. The fourth-order valence-corrected chi connectivity index (χ4v) is 4.94. The summed E-state index contributed by atoms with van der Waals surface area (Å²) in [6, 6.07) is 5.60. The van der Waals surface area contributed by atoms with Gasteiger partial charge in [-0.05, 0) is 42.5 Å². The Balaban J connectivity index is 1.50. The van der Waals surface area contributed by atoms with Crippen LogP contribution in [-0.2, 0) is 22.9 Å². The summed E-state index contributed by atoms with van der Waals surface area (Å²) in [6.45, 7) is 2.19. The molecule has 2 heterocycles. The molecule has 0 radical (unpaired) electrons. The molecule has 1 aliphatic carbocycles. The number of aryl methyl sites for hydroxylation is 2. The van der Waals surface area contributed by atoms with Gasteiger partial charge in [-0.25, -0.2) is 13.4 Å². The summed E-state index contributed by atoms with van der Waals surface area (Å²) in [5.74, 6) is 0.798. The molecule has 0 spiro atoms. The molecule has 126 valence electrons. The highest BCUT2D eigenvalue weighted by Gasteiger charge is 2.29. The van der Waals surface area contributed by atoms with Crippen LogP contribution in [0.2, 0.25) is 0 Å². The molecule has 1 aromatic heterocycles. The second-order valence-corrected chi connectivity index (χ2v) is 8.18. The standard InChI is InChI=1S/C17H20N4O2S/c22-24(23,16-5-4-14-2-1-3-15(14)12-16)21-10-8-20(9-11-21)17-13-18-6-7-19-17/h4-7,12-13H,1-3,8-11H2. The summed E-state index contributed by atoms with van der Waals surface area (Å²) < 4.78 is 27.4. The van der Waals surface area contributed by atoms with Gasteiger partial charge >= 0.3 is 0 Å². The van der Waals surface area contributed by atoms with Crippen LogP contribution >= 0.6 is 0 Å². The number of aromatic nitrogens is 2. The predicted octanol–water partition coefficient (Wildman–Crippen LogP) is 1.48. The Kier molecular flexibility index (Phi) is 3.97. The van der Waals surface area contributed by atoms with Gasteiger partial charge < -0.3 is 4.90 Å². The van der Waals surface area contributed by atoms with Crippen LogP contribution < -0.4 is 4.90 Å². The number of benzene rings is 1. The fourth-order valence-electron chi connectivity index (χ4n) is 3.47. The summed E-state index contributed by atoms with van der Waals surface area (Å²) in [6.07, 6.45) is 8.17. The quantitative estimate of drug-likeness (QED) is 0.844. The van der Waals surface area contributed by atoms with Crippen molar-refractivity contribution in [1.29, 1.82) is 0 Å². The lowest BCUT2D eigenvalue weighted by Crippen LogP contribution is -2.48. The van der Waals surface area contributed by atoms with Gasteiger partial charge in [-0.2, -0.15) is 4.31 Å². The van der Waals surface area contributed by atoms with Gasteiger partial charge in [0, 0.05) is 38.6 Å². The minimum atomic E-state index is -3.42. The molecule has 0 amide bonds. The van der Waals surface area contributed by atoms with Crippen LogP contribution in [-0.4, -0.2) is 48.9 Å². The Morgan fingerprint density at radius 2 is 1.75 bits per heavy atom. The van der Waals surface area contributed by atoms with Crippen LogP contribution in [0.5, 0.6) is 0 Å². The zero-order valence-electron chi connectivity index (χ0n) is 13.4. The Morgan fingerprint density at radius 3 is 2.50 bits per heavy atom. The van der Waals surface area contributed by atoms with Gasteiger partial charge in [0.25, 0.3) is 0 Å². The van der Waals surface area contributed by atoms with Crippen molar-refractivity contribution in [2.24, 2.45) is 0 Å². The van der Waals surface area contributed by atoms with Gasteiger partial charge in [-0.15, -0.1) is 0 Å². The maximum atomic E-state index is 12.9. The Labute approximate surface area is 142 Å². The predicted molar refractivity (Wildman–Crippen MR) is 91.5 cm³/mol. The van der Waals surface area contributed by atoms with Gasteiger partial charge in [0.05, 0.1) is 11.1 Å². The van der Waals surface area contributed by atoms with E-state index in [1.807, 2.05) is 12.1 Å². The molecular formula is C17H20N4O2S. The number of sulfonamides is 1. The van der Waals surface area contributed by atoms with Gasteiger partial charge in [-0.3, -0.25) is 4.98 Å². The normalized spacial score (nSPS) is 18.6. The van der Waals surface area contributed by atoms with Crippen molar-refractivity contribution in [3.8, 4) is 0 Å². The van der Waals surface area contributed by atoms with Crippen molar-refractivity contribution in [2.75, 3.05) is 31.1 Å². The lowest BCUT2D eigenvalue weighted by atomic mass is 10.1. The second-order valence-electron chi connectivity index (χ2n) is 6.24. The Bertz CT molecular complexity index is 831. The van der Waals surface area contributed by atoms with E-state index in [2.05, 4.69) is 14.9 Å². The van der Waals surface area contributed by atoms with Crippen molar-refractivity contribution in [3.63, 3.8) is 0 Å². The van der Waals surface area contributed by atoms with E-state index in [1.165, 1.54) is 11.1 Å². The van der Waals surface area contributed by atoms with E-state index in [-0.39, 0.29) is 0 Å². The molecule has 1 fully saturated rings. The van der Waals surface area contributed by atoms with E-state index in [4.69, 9.17) is 0 Å². The van der Waals surface area contributed by atoms with E-state index in [0.29, 0.717) is 31.1 Å². The molecule has 0 N–H and O–H groups in total. The van der Waals surface area contributed by atoms with Crippen LogP contribution in [0.25, 0.3) is 0 Å². The first-order chi connectivity index (χ1) is 11.6. The minimum absolute atomic E-state index is 0.427. The lowest BCUT2D eigenvalue weighted by Gasteiger charge is -2.34. The molecule has 6 nitrogen and oxygen atoms in total. The number of nitrogens with zero attached hydrogens (tertiary/aromatic N) is 4. The van der Waals surface area contributed by atoms with Crippen molar-refractivity contribution in [2.45, 2.75) is 24.2 Å². The molecule has 1 aromatic carbocycles.